The predicted molar refractivity (Wildman–Crippen MR) is 117 cm³/mol. The number of aliphatic hydroxyl groups excluding tert-OH is 1. The van der Waals surface area contributed by atoms with E-state index in [0.29, 0.717) is 17.9 Å². The quantitative estimate of drug-likeness (QED) is 0.259. The number of esters is 1. The van der Waals surface area contributed by atoms with E-state index in [0.717, 1.165) is 37.7 Å². The van der Waals surface area contributed by atoms with Crippen LogP contribution in [0.1, 0.15) is 65.4 Å². The van der Waals surface area contributed by atoms with Crippen LogP contribution < -0.4 is 0 Å². The van der Waals surface area contributed by atoms with Crippen molar-refractivity contribution in [1.29, 1.82) is 0 Å². The monoisotopic (exact) mass is 398 g/mol. The Balaban J connectivity index is 1.65. The first kappa shape index (κ1) is 22.8. The second kappa shape index (κ2) is 11.5. The molecule has 4 nitrogen and oxygen atoms in total. The Morgan fingerprint density at radius 1 is 1.31 bits per heavy atom. The summed E-state index contributed by atoms with van der Waals surface area (Å²) in [5.41, 5.74) is 4.11. The van der Waals surface area contributed by atoms with Crippen LogP contribution in [0.25, 0.3) is 0 Å². The van der Waals surface area contributed by atoms with Crippen molar-refractivity contribution >= 4 is 5.97 Å². The van der Waals surface area contributed by atoms with Crippen molar-refractivity contribution in [3.8, 4) is 0 Å². The third kappa shape index (κ3) is 7.80. The van der Waals surface area contributed by atoms with Gasteiger partial charge in [0, 0.05) is 6.42 Å². The second-order valence-corrected chi connectivity index (χ2v) is 8.10. The molecule has 0 radical (unpaired) electrons. The van der Waals surface area contributed by atoms with E-state index in [4.69, 9.17) is 9.15 Å². The molecule has 0 fully saturated rings. The molecule has 1 aromatic heterocycles. The molecule has 2 rings (SSSR count). The number of hydrogen-bond donors (Lipinski definition) is 1. The Morgan fingerprint density at radius 2 is 2.10 bits per heavy atom. The zero-order chi connectivity index (χ0) is 21.2. The summed E-state index contributed by atoms with van der Waals surface area (Å²) >= 11 is 0. The molecule has 0 saturated heterocycles. The Kier molecular flexibility index (Phi) is 9.04. The summed E-state index contributed by atoms with van der Waals surface area (Å²) in [5, 5.41) is 9.92. The molecule has 2 heterocycles. The van der Waals surface area contributed by atoms with E-state index in [1.165, 1.54) is 11.1 Å². The van der Waals surface area contributed by atoms with Gasteiger partial charge in [0.25, 0.3) is 0 Å². The molecule has 0 amide bonds. The van der Waals surface area contributed by atoms with Crippen molar-refractivity contribution < 1.29 is 19.1 Å². The van der Waals surface area contributed by atoms with Crippen molar-refractivity contribution in [2.75, 3.05) is 0 Å². The number of cyclic esters (lactones) is 1. The highest BCUT2D eigenvalue weighted by Crippen LogP contribution is 2.25. The smallest absolute Gasteiger partial charge is 0.338 e. The van der Waals surface area contributed by atoms with Crippen LogP contribution >= 0.6 is 0 Å². The average Bonchev–Trinajstić information content (AvgIpc) is 3.27. The van der Waals surface area contributed by atoms with Crippen molar-refractivity contribution in [3.05, 3.63) is 70.9 Å². The molecule has 0 bridgehead atoms. The summed E-state index contributed by atoms with van der Waals surface area (Å²) < 4.78 is 10.3. The minimum absolute atomic E-state index is 0.0750. The summed E-state index contributed by atoms with van der Waals surface area (Å²) in [6, 6.07) is 2.03. The van der Waals surface area contributed by atoms with Gasteiger partial charge in [0.05, 0.1) is 18.1 Å². The Morgan fingerprint density at radius 3 is 2.76 bits per heavy atom. The lowest BCUT2D eigenvalue weighted by Crippen LogP contribution is -2.12. The first-order valence-electron chi connectivity index (χ1n) is 10.5. The van der Waals surface area contributed by atoms with Gasteiger partial charge in [-0.25, -0.2) is 4.79 Å². The van der Waals surface area contributed by atoms with E-state index in [1.54, 1.807) is 13.2 Å². The molecule has 1 aliphatic heterocycles. The van der Waals surface area contributed by atoms with Crippen LogP contribution in [-0.4, -0.2) is 17.2 Å². The zero-order valence-electron chi connectivity index (χ0n) is 18.1. The lowest BCUT2D eigenvalue weighted by molar-refractivity contribution is -0.140. The predicted octanol–water partition coefficient (Wildman–Crippen LogP) is 6.61. The molecule has 2 atom stereocenters. The number of carbonyl (C=O) groups is 1. The van der Waals surface area contributed by atoms with Gasteiger partial charge in [-0.05, 0) is 70.4 Å². The van der Waals surface area contributed by atoms with Gasteiger partial charge < -0.3 is 14.3 Å². The molecule has 1 aromatic rings. The minimum atomic E-state index is -0.516. The van der Waals surface area contributed by atoms with Gasteiger partial charge in [-0.15, -0.1) is 0 Å². The molecule has 0 aliphatic carbocycles. The van der Waals surface area contributed by atoms with Crippen LogP contribution in [0.5, 0.6) is 0 Å². The van der Waals surface area contributed by atoms with Crippen LogP contribution in [0, 0.1) is 5.92 Å². The molecule has 158 valence electrons. The summed E-state index contributed by atoms with van der Waals surface area (Å²) in [6.45, 7) is 8.02. The van der Waals surface area contributed by atoms with Gasteiger partial charge in [-0.3, -0.25) is 0 Å². The largest absolute Gasteiger partial charge is 0.508 e. The molecule has 0 aromatic carbocycles. The molecule has 1 N–H and O–H groups in total. The van der Waals surface area contributed by atoms with E-state index >= 15 is 0 Å². The standard InChI is InChI=1S/C25H34O4/c1-18(8-5-9-19(2)11-7-13-22-14-15-28-17-22)10-6-12-20(3)16-23-24(26)21(4)25(27)29-23/h5,8-9,12,14-15,17-18,23,26H,6-7,10-11,13,16H2,1-4H3/b8-5+,19-9+,20-12+/t18-,23-/m1/s1. The molecular weight excluding hydrogens is 364 g/mol. The number of furan rings is 1. The Bertz CT molecular complexity index is 778. The molecule has 1 aliphatic rings. The maximum absolute atomic E-state index is 11.5. The van der Waals surface area contributed by atoms with Gasteiger partial charge in [-0.2, -0.15) is 0 Å². The first-order valence-corrected chi connectivity index (χ1v) is 10.5. The number of aryl methyl sites for hydroxylation is 1. The van der Waals surface area contributed by atoms with Crippen LogP contribution in [0.2, 0.25) is 0 Å². The van der Waals surface area contributed by atoms with Gasteiger partial charge in [-0.1, -0.05) is 42.4 Å². The number of aliphatic hydroxyl groups is 1. The minimum Gasteiger partial charge on any atom is -0.508 e. The van der Waals surface area contributed by atoms with Gasteiger partial charge >= 0.3 is 5.97 Å². The normalized spacial score (nSPS) is 19.3. The van der Waals surface area contributed by atoms with E-state index in [9.17, 15) is 9.90 Å². The number of carbonyl (C=O) groups excluding carboxylic acids is 1. The highest BCUT2D eigenvalue weighted by Gasteiger charge is 2.31. The maximum Gasteiger partial charge on any atom is 0.338 e. The fraction of sp³-hybridized carbons (Fsp3) is 0.480. The lowest BCUT2D eigenvalue weighted by Gasteiger charge is -2.11. The molecule has 0 spiro atoms. The number of ether oxygens (including phenoxy) is 1. The van der Waals surface area contributed by atoms with Crippen molar-refractivity contribution in [2.45, 2.75) is 72.3 Å². The third-order valence-electron chi connectivity index (χ3n) is 5.30. The van der Waals surface area contributed by atoms with E-state index in [2.05, 4.69) is 38.2 Å². The van der Waals surface area contributed by atoms with Crippen molar-refractivity contribution in [1.82, 2.24) is 0 Å². The number of allylic oxidation sites excluding steroid dienone is 5. The Hall–Kier alpha value is -2.49. The number of hydrogen-bond acceptors (Lipinski definition) is 4. The van der Waals surface area contributed by atoms with Gasteiger partial charge in [0.15, 0.2) is 6.10 Å². The van der Waals surface area contributed by atoms with Crippen molar-refractivity contribution in [3.63, 3.8) is 0 Å². The number of rotatable bonds is 11. The van der Waals surface area contributed by atoms with Crippen LogP contribution in [0.4, 0.5) is 0 Å². The fourth-order valence-corrected chi connectivity index (χ4v) is 3.32. The molecule has 29 heavy (non-hydrogen) atoms. The average molecular weight is 399 g/mol. The maximum atomic E-state index is 11.5. The fourth-order valence-electron chi connectivity index (χ4n) is 3.32. The van der Waals surface area contributed by atoms with Gasteiger partial charge in [0.2, 0.25) is 0 Å². The van der Waals surface area contributed by atoms with E-state index in [-0.39, 0.29) is 5.76 Å². The first-order chi connectivity index (χ1) is 13.9. The lowest BCUT2D eigenvalue weighted by atomic mass is 10.0. The highest BCUT2D eigenvalue weighted by atomic mass is 16.6. The third-order valence-corrected chi connectivity index (χ3v) is 5.30. The van der Waals surface area contributed by atoms with Crippen molar-refractivity contribution in [2.24, 2.45) is 5.92 Å². The summed E-state index contributed by atoms with van der Waals surface area (Å²) in [7, 11) is 0. The van der Waals surface area contributed by atoms with Gasteiger partial charge in [0.1, 0.15) is 5.76 Å². The zero-order valence-corrected chi connectivity index (χ0v) is 18.1. The van der Waals surface area contributed by atoms with E-state index in [1.807, 2.05) is 19.3 Å². The molecule has 0 unspecified atom stereocenters. The molecule has 0 saturated carbocycles. The van der Waals surface area contributed by atoms with E-state index < -0.39 is 12.1 Å². The summed E-state index contributed by atoms with van der Waals surface area (Å²) in [5.74, 6) is 0.156. The van der Waals surface area contributed by atoms with Crippen LogP contribution in [0.15, 0.2) is 69.8 Å². The summed E-state index contributed by atoms with van der Waals surface area (Å²) in [4.78, 5) is 11.5. The van der Waals surface area contributed by atoms with Crippen LogP contribution in [-0.2, 0) is 16.0 Å². The molecule has 4 heteroatoms. The topological polar surface area (TPSA) is 59.7 Å². The second-order valence-electron chi connectivity index (χ2n) is 8.10. The summed E-state index contributed by atoms with van der Waals surface area (Å²) in [6.07, 6.45) is 17.7. The Labute approximate surface area is 174 Å². The molecular formula is C25H34O4. The SMILES string of the molecule is CC1=C(O)[C@@H](C/C(C)=C/CC[C@H](C)/C=C/C=C(\C)CCCc2ccoc2)OC1=O. The highest BCUT2D eigenvalue weighted by molar-refractivity contribution is 5.91. The van der Waals surface area contributed by atoms with Crippen LogP contribution in [0.3, 0.4) is 0 Å².